The average Bonchev–Trinajstić information content (AvgIpc) is 2.84. The Hall–Kier alpha value is -3.27. The van der Waals surface area contributed by atoms with Crippen molar-refractivity contribution in [3.63, 3.8) is 0 Å². The molecule has 37 heavy (non-hydrogen) atoms. The Morgan fingerprint density at radius 3 is 1.43 bits per heavy atom. The van der Waals surface area contributed by atoms with Crippen molar-refractivity contribution in [3.8, 4) is 0 Å². The first kappa shape index (κ1) is 28.3. The largest absolute Gasteiger partial charge is 0.478 e. The van der Waals surface area contributed by atoms with E-state index in [0.717, 1.165) is 18.9 Å². The monoisotopic (exact) mass is 516 g/mol. The average molecular weight is 517 g/mol. The van der Waals surface area contributed by atoms with Gasteiger partial charge in [-0.25, -0.2) is 18.9 Å². The molecule has 0 unspecified atom stereocenters. The Labute approximate surface area is 216 Å². The summed E-state index contributed by atoms with van der Waals surface area (Å²) in [6.07, 6.45) is 4.61. The molecular formula is C27H38N3O7+. The molecule has 0 heterocycles. The summed E-state index contributed by atoms with van der Waals surface area (Å²) in [5, 5.41) is 19.7. The first-order valence-electron chi connectivity index (χ1n) is 13.0. The second-order valence-electron chi connectivity index (χ2n) is 11.0. The molecule has 10 heteroatoms. The van der Waals surface area contributed by atoms with E-state index < -0.39 is 45.2 Å². The van der Waals surface area contributed by atoms with Gasteiger partial charge in [-0.15, -0.1) is 0 Å². The van der Waals surface area contributed by atoms with E-state index in [9.17, 15) is 34.2 Å². The van der Waals surface area contributed by atoms with Crippen molar-refractivity contribution in [2.75, 3.05) is 0 Å². The molecule has 0 radical (unpaired) electrons. The van der Waals surface area contributed by atoms with E-state index in [1.807, 2.05) is 13.8 Å². The van der Waals surface area contributed by atoms with Crippen LogP contribution in [0.1, 0.15) is 105 Å². The number of hydrogen-bond acceptors (Lipinski definition) is 5. The Kier molecular flexibility index (Phi) is 8.12. The van der Waals surface area contributed by atoms with Crippen LogP contribution >= 0.6 is 0 Å². The number of nitrogens with zero attached hydrogens (tertiary/aromatic N) is 1. The van der Waals surface area contributed by atoms with Gasteiger partial charge >= 0.3 is 17.8 Å². The van der Waals surface area contributed by atoms with Gasteiger partial charge in [-0.3, -0.25) is 9.59 Å². The van der Waals surface area contributed by atoms with Crippen LogP contribution < -0.4 is 16.0 Å². The van der Waals surface area contributed by atoms with E-state index >= 15 is 0 Å². The van der Waals surface area contributed by atoms with Gasteiger partial charge in [0.25, 0.3) is 11.8 Å². The standard InChI is InChI=1S/C27H37N3O7/c1-17(2)13-21(31)30(26(24(28)36)9-5-3-6-10-26,27(25(29)37)11-7-4-8-12-27)20-15-18(22(32)33)14-19(16-20)23(34)35/h14-17H,3-13H2,1-2H3,(H5-,28,29,32,33,34,35,36,37)/p+1. The van der Waals surface area contributed by atoms with Crippen LogP contribution in [0.15, 0.2) is 18.2 Å². The second-order valence-corrected chi connectivity index (χ2v) is 11.0. The number of benzene rings is 1. The molecule has 2 fully saturated rings. The zero-order valence-electron chi connectivity index (χ0n) is 21.6. The summed E-state index contributed by atoms with van der Waals surface area (Å²) in [6.45, 7) is 3.66. The molecule has 0 aromatic heterocycles. The van der Waals surface area contributed by atoms with Crippen LogP contribution in [0.2, 0.25) is 0 Å². The van der Waals surface area contributed by atoms with Crippen LogP contribution in [0.3, 0.4) is 0 Å². The molecule has 3 rings (SSSR count). The lowest BCUT2D eigenvalue weighted by atomic mass is 9.67. The molecule has 2 saturated carbocycles. The van der Waals surface area contributed by atoms with Crippen molar-refractivity contribution in [2.45, 2.75) is 95.6 Å². The van der Waals surface area contributed by atoms with E-state index in [0.29, 0.717) is 25.7 Å². The highest BCUT2D eigenvalue weighted by molar-refractivity contribution is 6.07. The minimum atomic E-state index is -1.59. The minimum Gasteiger partial charge on any atom is -0.478 e. The van der Waals surface area contributed by atoms with E-state index in [1.54, 1.807) is 0 Å². The summed E-state index contributed by atoms with van der Waals surface area (Å²) >= 11 is 0. The number of primary amides is 2. The number of quaternary nitrogens is 1. The Morgan fingerprint density at radius 2 is 1.14 bits per heavy atom. The number of carboxylic acid groups (broad SMARTS) is 2. The predicted octanol–water partition coefficient (Wildman–Crippen LogP) is 3.34. The van der Waals surface area contributed by atoms with Crippen molar-refractivity contribution in [3.05, 3.63) is 29.3 Å². The minimum absolute atomic E-state index is 0.0237. The smallest absolute Gasteiger partial charge is 0.335 e. The fraction of sp³-hybridized carbons (Fsp3) is 0.593. The van der Waals surface area contributed by atoms with Crippen molar-refractivity contribution in [2.24, 2.45) is 17.4 Å². The molecule has 6 N–H and O–H groups in total. The molecule has 1 aromatic rings. The number of carbonyl (C=O) groups is 5. The second kappa shape index (κ2) is 10.6. The van der Waals surface area contributed by atoms with Gasteiger partial charge in [0, 0.05) is 37.8 Å². The van der Waals surface area contributed by atoms with E-state index in [4.69, 9.17) is 11.5 Å². The van der Waals surface area contributed by atoms with Gasteiger partial charge in [0.15, 0.2) is 11.1 Å². The lowest BCUT2D eigenvalue weighted by molar-refractivity contribution is -0.165. The summed E-state index contributed by atoms with van der Waals surface area (Å²) in [5.74, 6) is -4.98. The summed E-state index contributed by atoms with van der Waals surface area (Å²) in [6, 6.07) is 3.46. The highest BCUT2D eigenvalue weighted by atomic mass is 16.4. The van der Waals surface area contributed by atoms with Gasteiger partial charge in [-0.05, 0) is 37.7 Å². The highest BCUT2D eigenvalue weighted by Crippen LogP contribution is 2.54. The number of hydrogen-bond donors (Lipinski definition) is 4. The van der Waals surface area contributed by atoms with E-state index in [1.165, 1.54) is 12.1 Å². The maximum Gasteiger partial charge on any atom is 0.335 e. The van der Waals surface area contributed by atoms with Gasteiger partial charge in [-0.2, -0.15) is 0 Å². The summed E-state index contributed by atoms with van der Waals surface area (Å²) < 4.78 is -0.857. The van der Waals surface area contributed by atoms with Crippen LogP contribution in [0.25, 0.3) is 0 Å². The molecule has 1 aromatic carbocycles. The van der Waals surface area contributed by atoms with Crippen LogP contribution in [0, 0.1) is 5.92 Å². The fourth-order valence-corrected chi connectivity index (χ4v) is 6.83. The zero-order valence-corrected chi connectivity index (χ0v) is 21.6. The van der Waals surface area contributed by atoms with Gasteiger partial charge in [0.1, 0.15) is 5.69 Å². The molecule has 3 amide bonds. The molecule has 2 aliphatic carbocycles. The molecule has 0 saturated heterocycles. The highest BCUT2D eigenvalue weighted by Gasteiger charge is 2.72. The summed E-state index contributed by atoms with van der Waals surface area (Å²) in [5.41, 5.74) is 8.40. The van der Waals surface area contributed by atoms with Crippen molar-refractivity contribution in [1.82, 2.24) is 4.48 Å². The molecule has 10 nitrogen and oxygen atoms in total. The van der Waals surface area contributed by atoms with Gasteiger partial charge in [-0.1, -0.05) is 26.7 Å². The molecule has 0 bridgehead atoms. The molecule has 0 spiro atoms. The molecule has 2 aliphatic rings. The van der Waals surface area contributed by atoms with Crippen molar-refractivity contribution < 1.29 is 34.2 Å². The lowest BCUT2D eigenvalue weighted by Crippen LogP contribution is -2.85. The third-order valence-electron chi connectivity index (χ3n) is 8.32. The number of nitrogens with two attached hydrogens (primary N) is 2. The number of amides is 3. The topological polar surface area (TPSA) is 178 Å². The maximum absolute atomic E-state index is 14.7. The first-order valence-corrected chi connectivity index (χ1v) is 13.0. The van der Waals surface area contributed by atoms with E-state index in [2.05, 4.69) is 0 Å². The lowest BCUT2D eigenvalue weighted by Gasteiger charge is -2.59. The predicted molar refractivity (Wildman–Crippen MR) is 137 cm³/mol. The molecule has 202 valence electrons. The first-order chi connectivity index (χ1) is 17.4. The fourth-order valence-electron chi connectivity index (χ4n) is 6.83. The summed E-state index contributed by atoms with van der Waals surface area (Å²) in [7, 11) is 0. The molecule has 0 aliphatic heterocycles. The van der Waals surface area contributed by atoms with Crippen molar-refractivity contribution in [1.29, 1.82) is 0 Å². The third-order valence-corrected chi connectivity index (χ3v) is 8.32. The number of rotatable bonds is 9. The number of carbonyl (C=O) groups excluding carboxylic acids is 3. The number of carboxylic acids is 2. The molecule has 0 atom stereocenters. The van der Waals surface area contributed by atoms with Gasteiger partial charge in [0.2, 0.25) is 0 Å². The summed E-state index contributed by atoms with van der Waals surface area (Å²) in [4.78, 5) is 66.1. The number of aromatic carboxylic acids is 2. The quantitative estimate of drug-likeness (QED) is 0.363. The van der Waals surface area contributed by atoms with Crippen LogP contribution in [0.4, 0.5) is 5.69 Å². The Bertz CT molecular complexity index is 1030. The van der Waals surface area contributed by atoms with Crippen molar-refractivity contribution >= 4 is 35.3 Å². The zero-order chi connectivity index (χ0) is 27.6. The Morgan fingerprint density at radius 1 is 0.757 bits per heavy atom. The van der Waals surface area contributed by atoms with Crippen LogP contribution in [-0.4, -0.2) is 51.0 Å². The third kappa shape index (κ3) is 4.52. The SMILES string of the molecule is CC(C)CC(=O)[N+](c1cc(C(=O)O)cc(C(=O)O)c1)(C1(C(N)=O)CCCCC1)C1(C(N)=O)CCCCC1. The van der Waals surface area contributed by atoms with Gasteiger partial charge in [0.05, 0.1) is 17.5 Å². The Balaban J connectivity index is 2.62. The molecular weight excluding hydrogens is 478 g/mol. The van der Waals surface area contributed by atoms with Gasteiger partial charge < -0.3 is 21.7 Å². The van der Waals surface area contributed by atoms with Crippen LogP contribution in [-0.2, 0) is 14.4 Å². The normalized spacial score (nSPS) is 19.2. The van der Waals surface area contributed by atoms with Crippen LogP contribution in [0.5, 0.6) is 0 Å². The maximum atomic E-state index is 14.7. The van der Waals surface area contributed by atoms with E-state index in [-0.39, 0.29) is 54.8 Å².